The summed E-state index contributed by atoms with van der Waals surface area (Å²) in [5.41, 5.74) is 6.21. The molecule has 2 aromatic heterocycles. The van der Waals surface area contributed by atoms with E-state index in [1.54, 1.807) is 13.0 Å². The Balaban J connectivity index is 2.65. The van der Waals surface area contributed by atoms with Gasteiger partial charge < -0.3 is 11.6 Å². The normalized spacial score (nSPS) is 12.4. The minimum absolute atomic E-state index is 0.172. The number of hydrazone groups is 1. The van der Waals surface area contributed by atoms with Crippen LogP contribution in [0.4, 0.5) is 5.95 Å². The van der Waals surface area contributed by atoms with Crippen LogP contribution in [0.2, 0.25) is 0 Å². The Kier molecular flexibility index (Phi) is 4.85. The fourth-order valence-electron chi connectivity index (χ4n) is 1.72. The van der Waals surface area contributed by atoms with Crippen LogP contribution in [0.3, 0.4) is 0 Å². The van der Waals surface area contributed by atoms with Crippen molar-refractivity contribution in [2.24, 2.45) is 16.7 Å². The highest BCUT2D eigenvalue weighted by Gasteiger charge is 2.34. The van der Waals surface area contributed by atoms with Crippen LogP contribution < -0.4 is 15.9 Å². The van der Waals surface area contributed by atoms with Crippen LogP contribution in [0.1, 0.15) is 12.6 Å². The van der Waals surface area contributed by atoms with E-state index in [4.69, 9.17) is 11.6 Å². The SMILES string of the molecule is CCn1cc(Br)c(S(=O)(=O)N(C(N)=NN)c2nccc(C)n2)n1. The van der Waals surface area contributed by atoms with Crippen molar-refractivity contribution in [3.05, 3.63) is 28.6 Å². The molecule has 0 atom stereocenters. The molecule has 12 heteroatoms. The lowest BCUT2D eigenvalue weighted by atomic mass is 10.5. The van der Waals surface area contributed by atoms with Gasteiger partial charge in [-0.05, 0) is 35.8 Å². The van der Waals surface area contributed by atoms with Crippen LogP contribution in [0, 0.1) is 6.92 Å². The number of nitrogens with two attached hydrogens (primary N) is 2. The van der Waals surface area contributed by atoms with Gasteiger partial charge in [0.15, 0.2) is 0 Å². The summed E-state index contributed by atoms with van der Waals surface area (Å²) in [5, 5.41) is 7.03. The van der Waals surface area contributed by atoms with Crippen molar-refractivity contribution in [1.29, 1.82) is 0 Å². The number of aryl methyl sites for hydroxylation is 2. The summed E-state index contributed by atoms with van der Waals surface area (Å²) in [6, 6.07) is 1.62. The van der Waals surface area contributed by atoms with Crippen LogP contribution in [0.5, 0.6) is 0 Å². The number of sulfonamides is 1. The minimum Gasteiger partial charge on any atom is -0.367 e. The van der Waals surface area contributed by atoms with Crippen LogP contribution in [-0.2, 0) is 16.6 Å². The highest BCUT2D eigenvalue weighted by atomic mass is 79.9. The van der Waals surface area contributed by atoms with Crippen molar-refractivity contribution >= 4 is 37.9 Å². The molecule has 2 aromatic rings. The third-order valence-electron chi connectivity index (χ3n) is 2.80. The minimum atomic E-state index is -4.21. The van der Waals surface area contributed by atoms with Crippen molar-refractivity contribution in [2.45, 2.75) is 25.4 Å². The Labute approximate surface area is 141 Å². The van der Waals surface area contributed by atoms with E-state index in [1.165, 1.54) is 17.1 Å². The van der Waals surface area contributed by atoms with Gasteiger partial charge >= 0.3 is 0 Å². The zero-order valence-electron chi connectivity index (χ0n) is 12.4. The second-order valence-corrected chi connectivity index (χ2v) is 6.95. The summed E-state index contributed by atoms with van der Waals surface area (Å²) in [6.07, 6.45) is 2.95. The van der Waals surface area contributed by atoms with Gasteiger partial charge in [-0.3, -0.25) is 4.68 Å². The first-order chi connectivity index (χ1) is 10.8. The lowest BCUT2D eigenvalue weighted by Crippen LogP contribution is -2.44. The molecule has 10 nitrogen and oxygen atoms in total. The lowest BCUT2D eigenvalue weighted by Gasteiger charge is -2.19. The van der Waals surface area contributed by atoms with E-state index in [0.29, 0.717) is 16.5 Å². The quantitative estimate of drug-likeness (QED) is 0.320. The molecule has 0 unspecified atom stereocenters. The van der Waals surface area contributed by atoms with Crippen molar-refractivity contribution < 1.29 is 8.42 Å². The fraction of sp³-hybridized carbons (Fsp3) is 0.273. The van der Waals surface area contributed by atoms with Crippen LogP contribution in [0.25, 0.3) is 0 Å². The molecular weight excluding hydrogens is 388 g/mol. The third kappa shape index (κ3) is 3.27. The molecular formula is C11H15BrN8O2S. The van der Waals surface area contributed by atoms with Gasteiger partial charge in [-0.1, -0.05) is 0 Å². The Morgan fingerprint density at radius 3 is 2.74 bits per heavy atom. The van der Waals surface area contributed by atoms with Crippen molar-refractivity contribution in [3.8, 4) is 0 Å². The summed E-state index contributed by atoms with van der Waals surface area (Å²) in [5.74, 6) is 4.51. The van der Waals surface area contributed by atoms with Gasteiger partial charge in [0, 0.05) is 24.6 Å². The van der Waals surface area contributed by atoms with E-state index in [-0.39, 0.29) is 15.4 Å². The first-order valence-electron chi connectivity index (χ1n) is 6.42. The van der Waals surface area contributed by atoms with E-state index in [2.05, 4.69) is 36.1 Å². The molecule has 0 aromatic carbocycles. The Morgan fingerprint density at radius 1 is 1.52 bits per heavy atom. The number of aromatic nitrogens is 4. The molecule has 2 rings (SSSR count). The fourth-order valence-corrected chi connectivity index (χ4v) is 3.93. The van der Waals surface area contributed by atoms with Crippen LogP contribution in [0.15, 0.2) is 33.1 Å². The molecule has 0 aliphatic carbocycles. The van der Waals surface area contributed by atoms with Gasteiger partial charge in [0.25, 0.3) is 10.0 Å². The molecule has 4 N–H and O–H groups in total. The maximum absolute atomic E-state index is 12.9. The van der Waals surface area contributed by atoms with E-state index < -0.39 is 16.0 Å². The molecule has 23 heavy (non-hydrogen) atoms. The Hall–Kier alpha value is -2.21. The van der Waals surface area contributed by atoms with Crippen LogP contribution in [-0.4, -0.2) is 34.1 Å². The highest BCUT2D eigenvalue weighted by Crippen LogP contribution is 2.25. The predicted octanol–water partition coefficient (Wildman–Crippen LogP) is 0.148. The molecule has 0 saturated heterocycles. The molecule has 0 radical (unpaired) electrons. The second kappa shape index (κ2) is 6.50. The van der Waals surface area contributed by atoms with Gasteiger partial charge in [-0.2, -0.15) is 17.8 Å². The average molecular weight is 403 g/mol. The standard InChI is InChI=1S/C11H15BrN8O2S/c1-3-19-6-8(12)9(18-19)23(21,22)20(10(13)17-14)11-15-5-4-7(2)16-11/h4-6H,3,14H2,1-2H3,(H2,13,17). The largest absolute Gasteiger partial charge is 0.367 e. The monoisotopic (exact) mass is 402 g/mol. The molecule has 0 spiro atoms. The van der Waals surface area contributed by atoms with Gasteiger partial charge in [-0.25, -0.2) is 9.97 Å². The lowest BCUT2D eigenvalue weighted by molar-refractivity contribution is 0.581. The van der Waals surface area contributed by atoms with Crippen molar-refractivity contribution in [1.82, 2.24) is 19.7 Å². The molecule has 0 saturated carbocycles. The third-order valence-corrected chi connectivity index (χ3v) is 5.26. The predicted molar refractivity (Wildman–Crippen MR) is 87.8 cm³/mol. The van der Waals surface area contributed by atoms with E-state index in [0.717, 1.165) is 0 Å². The number of guanidine groups is 1. The molecule has 0 bridgehead atoms. The second-order valence-electron chi connectivity index (χ2n) is 4.39. The molecule has 0 aliphatic rings. The summed E-state index contributed by atoms with van der Waals surface area (Å²) in [6.45, 7) is 4.01. The topological polar surface area (TPSA) is 145 Å². The molecule has 0 amide bonds. The van der Waals surface area contributed by atoms with E-state index in [9.17, 15) is 8.42 Å². The number of nitrogens with zero attached hydrogens (tertiary/aromatic N) is 6. The van der Waals surface area contributed by atoms with Crippen molar-refractivity contribution in [2.75, 3.05) is 4.31 Å². The molecule has 0 fully saturated rings. The van der Waals surface area contributed by atoms with Gasteiger partial charge in [0.05, 0.1) is 4.47 Å². The van der Waals surface area contributed by atoms with Gasteiger partial charge in [0.2, 0.25) is 16.9 Å². The van der Waals surface area contributed by atoms with Crippen LogP contribution >= 0.6 is 15.9 Å². The smallest absolute Gasteiger partial charge is 0.294 e. The number of anilines is 1. The number of halogens is 1. The summed E-state index contributed by atoms with van der Waals surface area (Å²) < 4.78 is 28.2. The molecule has 2 heterocycles. The Bertz CT molecular complexity index is 847. The van der Waals surface area contributed by atoms with Gasteiger partial charge in [0.1, 0.15) is 0 Å². The van der Waals surface area contributed by atoms with Gasteiger partial charge in [-0.15, -0.1) is 5.10 Å². The van der Waals surface area contributed by atoms with E-state index >= 15 is 0 Å². The zero-order valence-corrected chi connectivity index (χ0v) is 14.8. The highest BCUT2D eigenvalue weighted by molar-refractivity contribution is 9.10. The summed E-state index contributed by atoms with van der Waals surface area (Å²) in [7, 11) is -4.21. The van der Waals surface area contributed by atoms with Crippen molar-refractivity contribution in [3.63, 3.8) is 0 Å². The Morgan fingerprint density at radius 2 is 2.22 bits per heavy atom. The first kappa shape index (κ1) is 17.1. The average Bonchev–Trinajstić information content (AvgIpc) is 2.89. The maximum Gasteiger partial charge on any atom is 0.294 e. The molecule has 124 valence electrons. The number of rotatable bonds is 4. The number of hydrogen-bond donors (Lipinski definition) is 2. The summed E-state index contributed by atoms with van der Waals surface area (Å²) >= 11 is 3.18. The first-order valence-corrected chi connectivity index (χ1v) is 8.65. The molecule has 0 aliphatic heterocycles. The zero-order chi connectivity index (χ0) is 17.2. The van der Waals surface area contributed by atoms with E-state index in [1.807, 2.05) is 6.92 Å². The maximum atomic E-state index is 12.9. The summed E-state index contributed by atoms with van der Waals surface area (Å²) in [4.78, 5) is 7.99. The number of hydrogen-bond acceptors (Lipinski definition) is 7.